The normalized spacial score (nSPS) is 14.5. The van der Waals surface area contributed by atoms with E-state index in [0.717, 1.165) is 0 Å². The van der Waals surface area contributed by atoms with Crippen LogP contribution in [-0.4, -0.2) is 18.1 Å². The van der Waals surface area contributed by atoms with E-state index in [2.05, 4.69) is 9.72 Å². The van der Waals surface area contributed by atoms with Crippen molar-refractivity contribution in [3.63, 3.8) is 0 Å². The average Bonchev–Trinajstić information content (AvgIpc) is 2.17. The molecule has 0 saturated carbocycles. The molecule has 4 N–H and O–H groups in total. The lowest BCUT2D eigenvalue weighted by Gasteiger charge is -2.21. The molecule has 0 aromatic carbocycles. The van der Waals surface area contributed by atoms with Crippen molar-refractivity contribution in [1.29, 1.82) is 0 Å². The van der Waals surface area contributed by atoms with Crippen molar-refractivity contribution in [1.82, 2.24) is 4.98 Å². The van der Waals surface area contributed by atoms with Gasteiger partial charge >= 0.3 is 5.97 Å². The van der Waals surface area contributed by atoms with Crippen LogP contribution in [0.25, 0.3) is 0 Å². The number of rotatable bonds is 2. The van der Waals surface area contributed by atoms with Crippen molar-refractivity contribution < 1.29 is 9.53 Å². The third-order valence-electron chi connectivity index (χ3n) is 1.94. The predicted octanol–water partition coefficient (Wildman–Crippen LogP) is 0.0107. The second-order valence-electron chi connectivity index (χ2n) is 3.14. The summed E-state index contributed by atoms with van der Waals surface area (Å²) in [4.78, 5) is 15.3. The summed E-state index contributed by atoms with van der Waals surface area (Å²) >= 11 is 0. The molecule has 0 aliphatic heterocycles. The zero-order valence-electron chi connectivity index (χ0n) is 8.15. The summed E-state index contributed by atoms with van der Waals surface area (Å²) in [5.74, 6) is -0.567. The number of hydrogen-bond acceptors (Lipinski definition) is 5. The van der Waals surface area contributed by atoms with Crippen LogP contribution in [-0.2, 0) is 15.1 Å². The molecular formula is C9H13N3O2. The van der Waals surface area contributed by atoms with Crippen molar-refractivity contribution in [2.45, 2.75) is 12.5 Å². The van der Waals surface area contributed by atoms with E-state index in [-0.39, 0.29) is 0 Å². The van der Waals surface area contributed by atoms with Crippen LogP contribution in [0.3, 0.4) is 0 Å². The maximum absolute atomic E-state index is 11.3. The van der Waals surface area contributed by atoms with Gasteiger partial charge in [0.2, 0.25) is 0 Å². The van der Waals surface area contributed by atoms with Crippen LogP contribution >= 0.6 is 0 Å². The zero-order valence-corrected chi connectivity index (χ0v) is 8.15. The lowest BCUT2D eigenvalue weighted by Crippen LogP contribution is -2.44. The molecule has 1 heterocycles. The summed E-state index contributed by atoms with van der Waals surface area (Å²) in [6.07, 6.45) is 1.53. The summed E-state index contributed by atoms with van der Waals surface area (Å²) < 4.78 is 4.56. The van der Waals surface area contributed by atoms with Gasteiger partial charge < -0.3 is 16.2 Å². The van der Waals surface area contributed by atoms with Crippen LogP contribution in [0.4, 0.5) is 5.69 Å². The zero-order chi connectivity index (χ0) is 10.8. The standard InChI is InChI=1S/C9H13N3O2/c1-9(11,8(13)14-2)7-6(10)4-3-5-12-7/h3-5H,10-11H2,1-2H3/t9-/m1/s1. The number of esters is 1. The molecule has 0 saturated heterocycles. The van der Waals surface area contributed by atoms with Crippen LogP contribution in [0, 0.1) is 0 Å². The Bertz CT molecular complexity index is 350. The first-order valence-electron chi connectivity index (χ1n) is 4.08. The number of anilines is 1. The maximum atomic E-state index is 11.3. The van der Waals surface area contributed by atoms with Crippen molar-refractivity contribution in [2.75, 3.05) is 12.8 Å². The molecule has 5 nitrogen and oxygen atoms in total. The van der Waals surface area contributed by atoms with Crippen molar-refractivity contribution in [3.8, 4) is 0 Å². The molecule has 0 spiro atoms. The molecule has 0 amide bonds. The highest BCUT2D eigenvalue weighted by Gasteiger charge is 2.34. The number of pyridine rings is 1. The fourth-order valence-electron chi connectivity index (χ4n) is 1.16. The highest BCUT2D eigenvalue weighted by atomic mass is 16.5. The van der Waals surface area contributed by atoms with E-state index in [0.29, 0.717) is 11.4 Å². The molecule has 0 aliphatic rings. The lowest BCUT2D eigenvalue weighted by atomic mass is 9.97. The second-order valence-corrected chi connectivity index (χ2v) is 3.14. The molecule has 14 heavy (non-hydrogen) atoms. The van der Waals surface area contributed by atoms with Gasteiger partial charge in [-0.3, -0.25) is 4.98 Å². The molecule has 0 aliphatic carbocycles. The Balaban J connectivity index is 3.16. The fourth-order valence-corrected chi connectivity index (χ4v) is 1.16. The molecule has 1 aromatic rings. The number of nitrogen functional groups attached to an aromatic ring is 1. The first-order valence-corrected chi connectivity index (χ1v) is 4.08. The second kappa shape index (κ2) is 3.63. The lowest BCUT2D eigenvalue weighted by molar-refractivity contribution is -0.146. The van der Waals surface area contributed by atoms with Crippen LogP contribution in [0.5, 0.6) is 0 Å². The largest absolute Gasteiger partial charge is 0.467 e. The van der Waals surface area contributed by atoms with E-state index in [1.165, 1.54) is 20.2 Å². The molecule has 1 atom stereocenters. The van der Waals surface area contributed by atoms with Gasteiger partial charge in [0.1, 0.15) is 0 Å². The van der Waals surface area contributed by atoms with Gasteiger partial charge in [0.15, 0.2) is 5.54 Å². The molecule has 76 valence electrons. The van der Waals surface area contributed by atoms with Gasteiger partial charge in [0.25, 0.3) is 0 Å². The first-order chi connectivity index (χ1) is 6.50. The van der Waals surface area contributed by atoms with Crippen LogP contribution in [0.2, 0.25) is 0 Å². The molecule has 0 bridgehead atoms. The smallest absolute Gasteiger partial charge is 0.331 e. The number of methoxy groups -OCH3 is 1. The summed E-state index contributed by atoms with van der Waals surface area (Å²) in [6, 6.07) is 3.31. The quantitative estimate of drug-likeness (QED) is 0.648. The van der Waals surface area contributed by atoms with Gasteiger partial charge in [-0.1, -0.05) is 0 Å². The minimum atomic E-state index is -1.31. The number of ether oxygens (including phenoxy) is 1. The number of carbonyl (C=O) groups is 1. The van der Waals surface area contributed by atoms with E-state index in [1.807, 2.05) is 0 Å². The summed E-state index contributed by atoms with van der Waals surface area (Å²) in [5.41, 5.74) is 10.8. The molecule has 0 unspecified atom stereocenters. The van der Waals surface area contributed by atoms with Crippen LogP contribution < -0.4 is 11.5 Å². The van der Waals surface area contributed by atoms with Crippen molar-refractivity contribution in [3.05, 3.63) is 24.0 Å². The van der Waals surface area contributed by atoms with Gasteiger partial charge in [0, 0.05) is 6.20 Å². The summed E-state index contributed by atoms with van der Waals surface area (Å²) in [6.45, 7) is 1.51. The Morgan fingerprint density at radius 2 is 2.29 bits per heavy atom. The third kappa shape index (κ3) is 1.67. The highest BCUT2D eigenvalue weighted by molar-refractivity contribution is 5.82. The number of carbonyl (C=O) groups excluding carboxylic acids is 1. The summed E-state index contributed by atoms with van der Waals surface area (Å²) in [7, 11) is 1.27. The number of aromatic nitrogens is 1. The highest BCUT2D eigenvalue weighted by Crippen LogP contribution is 2.22. The Morgan fingerprint density at radius 3 is 2.79 bits per heavy atom. The van der Waals surface area contributed by atoms with E-state index in [4.69, 9.17) is 11.5 Å². The molecule has 1 rings (SSSR count). The topological polar surface area (TPSA) is 91.2 Å². The van der Waals surface area contributed by atoms with E-state index in [9.17, 15) is 4.79 Å². The average molecular weight is 195 g/mol. The van der Waals surface area contributed by atoms with E-state index >= 15 is 0 Å². The monoisotopic (exact) mass is 195 g/mol. The van der Waals surface area contributed by atoms with Gasteiger partial charge in [-0.15, -0.1) is 0 Å². The molecular weight excluding hydrogens is 182 g/mol. The van der Waals surface area contributed by atoms with E-state index in [1.54, 1.807) is 12.1 Å². The minimum absolute atomic E-state index is 0.326. The first kappa shape index (κ1) is 10.5. The van der Waals surface area contributed by atoms with Gasteiger partial charge in [-0.2, -0.15) is 0 Å². The Morgan fingerprint density at radius 1 is 1.64 bits per heavy atom. The van der Waals surface area contributed by atoms with E-state index < -0.39 is 11.5 Å². The predicted molar refractivity (Wildman–Crippen MR) is 52.2 cm³/mol. The molecule has 1 aromatic heterocycles. The van der Waals surface area contributed by atoms with Crippen LogP contribution in [0.15, 0.2) is 18.3 Å². The maximum Gasteiger partial charge on any atom is 0.331 e. The summed E-state index contributed by atoms with van der Waals surface area (Å²) in [5, 5.41) is 0. The van der Waals surface area contributed by atoms with Gasteiger partial charge in [0.05, 0.1) is 18.5 Å². The van der Waals surface area contributed by atoms with Crippen LogP contribution in [0.1, 0.15) is 12.6 Å². The molecule has 0 fully saturated rings. The fraction of sp³-hybridized carbons (Fsp3) is 0.333. The number of nitrogens with zero attached hydrogens (tertiary/aromatic N) is 1. The van der Waals surface area contributed by atoms with Crippen molar-refractivity contribution >= 4 is 11.7 Å². The minimum Gasteiger partial charge on any atom is -0.467 e. The Kier molecular flexibility index (Phi) is 2.71. The number of hydrogen-bond donors (Lipinski definition) is 2. The van der Waals surface area contributed by atoms with Gasteiger partial charge in [-0.05, 0) is 19.1 Å². The van der Waals surface area contributed by atoms with Gasteiger partial charge in [-0.25, -0.2) is 4.79 Å². The third-order valence-corrected chi connectivity index (χ3v) is 1.94. The SMILES string of the molecule is COC(=O)[C@](C)(N)c1ncccc1N. The Hall–Kier alpha value is -1.62. The Labute approximate surface area is 82.1 Å². The molecule has 5 heteroatoms. The molecule has 0 radical (unpaired) electrons. The number of nitrogens with two attached hydrogens (primary N) is 2. The van der Waals surface area contributed by atoms with Crippen molar-refractivity contribution in [2.24, 2.45) is 5.73 Å².